The summed E-state index contributed by atoms with van der Waals surface area (Å²) in [4.78, 5) is 2.30. The fourth-order valence-corrected chi connectivity index (χ4v) is 4.03. The summed E-state index contributed by atoms with van der Waals surface area (Å²) < 4.78 is 26.3. The fraction of sp³-hybridized carbons (Fsp3) is 0.500. The molecule has 1 heterocycles. The predicted octanol–water partition coefficient (Wildman–Crippen LogP) is 1.93. The van der Waals surface area contributed by atoms with E-state index in [4.69, 9.17) is 16.9 Å². The molecule has 1 aliphatic heterocycles. The van der Waals surface area contributed by atoms with E-state index in [1.165, 1.54) is 35.3 Å². The van der Waals surface area contributed by atoms with Crippen LogP contribution in [0.4, 0.5) is 0 Å². The third-order valence-electron chi connectivity index (χ3n) is 3.68. The van der Waals surface area contributed by atoms with Crippen LogP contribution in [-0.2, 0) is 10.0 Å². The van der Waals surface area contributed by atoms with Gasteiger partial charge >= 0.3 is 0 Å². The summed E-state index contributed by atoms with van der Waals surface area (Å²) in [6.45, 7) is 3.22. The maximum Gasteiger partial charge on any atom is 0.244 e. The van der Waals surface area contributed by atoms with Crippen LogP contribution < -0.4 is 0 Å². The molecule has 1 aromatic carbocycles. The molecule has 0 N–H and O–H groups in total. The first-order valence-electron chi connectivity index (χ1n) is 6.83. The van der Waals surface area contributed by atoms with Crippen LogP contribution in [0.3, 0.4) is 0 Å². The zero-order valence-corrected chi connectivity index (χ0v) is 13.5. The van der Waals surface area contributed by atoms with Crippen molar-refractivity contribution in [1.29, 1.82) is 5.26 Å². The highest BCUT2D eigenvalue weighted by atomic mass is 35.5. The Morgan fingerprint density at radius 1 is 1.38 bits per heavy atom. The van der Waals surface area contributed by atoms with Gasteiger partial charge in [-0.3, -0.25) is 0 Å². The van der Waals surface area contributed by atoms with Gasteiger partial charge in [0.1, 0.15) is 4.90 Å². The van der Waals surface area contributed by atoms with Gasteiger partial charge in [-0.15, -0.1) is 0 Å². The number of hydrogen-bond acceptors (Lipinski definition) is 4. The molecule has 0 aromatic heterocycles. The number of nitrogens with zero attached hydrogens (tertiary/aromatic N) is 3. The summed E-state index contributed by atoms with van der Waals surface area (Å²) in [5, 5.41) is 8.88. The summed E-state index contributed by atoms with van der Waals surface area (Å²) in [5.74, 6) is 0. The average Bonchev–Trinajstić information content (AvgIpc) is 2.97. The monoisotopic (exact) mass is 327 g/mol. The average molecular weight is 328 g/mol. The van der Waals surface area contributed by atoms with E-state index in [1.54, 1.807) is 7.05 Å². The highest BCUT2D eigenvalue weighted by Gasteiger charge is 2.24. The van der Waals surface area contributed by atoms with Gasteiger partial charge in [0, 0.05) is 20.1 Å². The molecule has 0 aliphatic carbocycles. The van der Waals surface area contributed by atoms with Gasteiger partial charge in [-0.2, -0.15) is 9.57 Å². The highest BCUT2D eigenvalue weighted by Crippen LogP contribution is 2.25. The Labute approximate surface area is 130 Å². The van der Waals surface area contributed by atoms with Gasteiger partial charge in [0.15, 0.2) is 0 Å². The molecule has 5 nitrogen and oxygen atoms in total. The highest BCUT2D eigenvalue weighted by molar-refractivity contribution is 7.89. The molecule has 1 aromatic rings. The minimum Gasteiger partial charge on any atom is -0.302 e. The Morgan fingerprint density at radius 3 is 2.62 bits per heavy atom. The molecule has 0 unspecified atom stereocenters. The first-order chi connectivity index (χ1) is 9.95. The zero-order valence-electron chi connectivity index (χ0n) is 11.9. The molecule has 0 saturated carbocycles. The first-order valence-corrected chi connectivity index (χ1v) is 8.65. The van der Waals surface area contributed by atoms with Crippen molar-refractivity contribution < 1.29 is 8.42 Å². The summed E-state index contributed by atoms with van der Waals surface area (Å²) in [6, 6.07) is 6.17. The molecule has 0 radical (unpaired) electrons. The van der Waals surface area contributed by atoms with Crippen LogP contribution in [0.1, 0.15) is 18.4 Å². The van der Waals surface area contributed by atoms with Crippen molar-refractivity contribution >= 4 is 21.6 Å². The molecule has 0 atom stereocenters. The Hall–Kier alpha value is -1.13. The minimum absolute atomic E-state index is 0.0482. The standard InChI is InChI=1S/C14H18ClN3O2S/c1-17(8-9-18-6-2-3-7-18)21(19,20)14-5-4-12(11-16)10-13(14)15/h4-5,10H,2-3,6-9H2,1H3. The molecule has 0 amide bonds. The minimum atomic E-state index is -3.62. The normalized spacial score (nSPS) is 16.3. The second-order valence-electron chi connectivity index (χ2n) is 5.13. The lowest BCUT2D eigenvalue weighted by atomic mass is 10.2. The van der Waals surface area contributed by atoms with Crippen molar-refractivity contribution in [2.45, 2.75) is 17.7 Å². The van der Waals surface area contributed by atoms with Gasteiger partial charge in [0.05, 0.1) is 16.7 Å². The molecular weight excluding hydrogens is 310 g/mol. The summed E-state index contributed by atoms with van der Waals surface area (Å²) in [7, 11) is -2.07. The van der Waals surface area contributed by atoms with Crippen molar-refractivity contribution in [2.24, 2.45) is 0 Å². The summed E-state index contributed by atoms with van der Waals surface area (Å²) >= 11 is 6.00. The molecule has 1 saturated heterocycles. The predicted molar refractivity (Wildman–Crippen MR) is 81.7 cm³/mol. The van der Waals surface area contributed by atoms with E-state index < -0.39 is 10.0 Å². The van der Waals surface area contributed by atoms with Gasteiger partial charge in [0.2, 0.25) is 10.0 Å². The number of likely N-dealkylation sites (N-methyl/N-ethyl adjacent to an activating group) is 1. The Bertz CT molecular complexity index is 649. The van der Waals surface area contributed by atoms with Crippen LogP contribution >= 0.6 is 11.6 Å². The Balaban J connectivity index is 2.11. The van der Waals surface area contributed by atoms with E-state index in [2.05, 4.69) is 4.90 Å². The number of benzene rings is 1. The van der Waals surface area contributed by atoms with Gasteiger partial charge in [-0.1, -0.05) is 11.6 Å². The van der Waals surface area contributed by atoms with Gasteiger partial charge in [-0.05, 0) is 44.1 Å². The number of likely N-dealkylation sites (tertiary alicyclic amines) is 1. The lowest BCUT2D eigenvalue weighted by Gasteiger charge is -2.21. The number of sulfonamides is 1. The smallest absolute Gasteiger partial charge is 0.244 e. The summed E-state index contributed by atoms with van der Waals surface area (Å²) in [6.07, 6.45) is 2.36. The third kappa shape index (κ3) is 3.74. The number of hydrogen-bond donors (Lipinski definition) is 0. The molecule has 1 fully saturated rings. The quantitative estimate of drug-likeness (QED) is 0.829. The molecule has 0 bridgehead atoms. The fourth-order valence-electron chi connectivity index (χ4n) is 2.36. The largest absolute Gasteiger partial charge is 0.302 e. The second-order valence-corrected chi connectivity index (χ2v) is 7.55. The molecule has 2 rings (SSSR count). The molecule has 7 heteroatoms. The SMILES string of the molecule is CN(CCN1CCCC1)S(=O)(=O)c1ccc(C#N)cc1Cl. The number of nitriles is 1. The topological polar surface area (TPSA) is 64.4 Å². The Kier molecular flexibility index (Phi) is 5.22. The lowest BCUT2D eigenvalue weighted by molar-refractivity contribution is 0.310. The van der Waals surface area contributed by atoms with Crippen molar-refractivity contribution in [3.63, 3.8) is 0 Å². The Morgan fingerprint density at radius 2 is 2.05 bits per heavy atom. The van der Waals surface area contributed by atoms with Crippen LogP contribution in [0.25, 0.3) is 0 Å². The number of halogens is 1. The van der Waals surface area contributed by atoms with Gasteiger partial charge < -0.3 is 4.90 Å². The second kappa shape index (κ2) is 6.75. The zero-order chi connectivity index (χ0) is 15.5. The van der Waals surface area contributed by atoms with Crippen LogP contribution in [0.2, 0.25) is 5.02 Å². The lowest BCUT2D eigenvalue weighted by Crippen LogP contribution is -2.35. The molecule has 114 valence electrons. The van der Waals surface area contributed by atoms with Crippen molar-refractivity contribution in [2.75, 3.05) is 33.2 Å². The van der Waals surface area contributed by atoms with Crippen molar-refractivity contribution in [1.82, 2.24) is 9.21 Å². The molecule has 0 spiro atoms. The third-order valence-corrected chi connectivity index (χ3v) is 6.02. The van der Waals surface area contributed by atoms with E-state index in [9.17, 15) is 8.42 Å². The molecule has 1 aliphatic rings. The van der Waals surface area contributed by atoms with E-state index in [1.807, 2.05) is 6.07 Å². The maximum atomic E-state index is 12.5. The van der Waals surface area contributed by atoms with Gasteiger partial charge in [-0.25, -0.2) is 8.42 Å². The van der Waals surface area contributed by atoms with Crippen LogP contribution in [0, 0.1) is 11.3 Å². The van der Waals surface area contributed by atoms with E-state index in [0.717, 1.165) is 19.6 Å². The van der Waals surface area contributed by atoms with E-state index in [-0.39, 0.29) is 9.92 Å². The molecule has 21 heavy (non-hydrogen) atoms. The van der Waals surface area contributed by atoms with E-state index >= 15 is 0 Å². The maximum absolute atomic E-state index is 12.5. The first kappa shape index (κ1) is 16.2. The summed E-state index contributed by atoms with van der Waals surface area (Å²) in [5.41, 5.74) is 0.346. The molecular formula is C14H18ClN3O2S. The van der Waals surface area contributed by atoms with Crippen molar-refractivity contribution in [3.8, 4) is 6.07 Å². The number of rotatable bonds is 5. The van der Waals surface area contributed by atoms with Crippen LogP contribution in [0.15, 0.2) is 23.1 Å². The van der Waals surface area contributed by atoms with Crippen molar-refractivity contribution in [3.05, 3.63) is 28.8 Å². The van der Waals surface area contributed by atoms with E-state index in [0.29, 0.717) is 12.1 Å². The van der Waals surface area contributed by atoms with Crippen LogP contribution in [0.5, 0.6) is 0 Å². The van der Waals surface area contributed by atoms with Gasteiger partial charge in [0.25, 0.3) is 0 Å². The van der Waals surface area contributed by atoms with Crippen LogP contribution in [-0.4, -0.2) is 50.8 Å².